The molecule has 0 saturated carbocycles. The summed E-state index contributed by atoms with van der Waals surface area (Å²) in [6.07, 6.45) is 0.434. The largest absolute Gasteiger partial charge is 0.395 e. The first kappa shape index (κ1) is 6.96. The van der Waals surface area contributed by atoms with E-state index in [-0.39, 0.29) is 12.6 Å². The molecule has 0 aromatic heterocycles. The maximum Gasteiger partial charge on any atom is 0.122 e. The molecule has 1 saturated heterocycles. The van der Waals surface area contributed by atoms with E-state index in [0.717, 1.165) is 0 Å². The highest BCUT2D eigenvalue weighted by atomic mass is 19.1. The third-order valence-electron chi connectivity index (χ3n) is 1.65. The van der Waals surface area contributed by atoms with Crippen molar-refractivity contribution in [1.29, 1.82) is 0 Å². The first-order valence-electron chi connectivity index (χ1n) is 3.17. The van der Waals surface area contributed by atoms with Crippen molar-refractivity contribution < 1.29 is 9.50 Å². The number of rotatable bonds is 1. The highest BCUT2D eigenvalue weighted by Gasteiger charge is 2.33. The monoisotopic (exact) mass is 133 g/mol. The summed E-state index contributed by atoms with van der Waals surface area (Å²) in [5.74, 6) is 0. The predicted octanol–water partition coefficient (Wildman–Crippen LogP) is 0.0688. The number of hydrogen-bond donors (Lipinski definition) is 2. The van der Waals surface area contributed by atoms with Crippen molar-refractivity contribution in [2.75, 3.05) is 13.2 Å². The van der Waals surface area contributed by atoms with E-state index in [4.69, 9.17) is 5.11 Å². The molecule has 1 fully saturated rings. The number of aliphatic hydroxyl groups excluding tert-OH is 1. The highest BCUT2D eigenvalue weighted by Crippen LogP contribution is 2.21. The Kier molecular flexibility index (Phi) is 1.73. The Balaban J connectivity index is 2.38. The Hall–Kier alpha value is -0.150. The van der Waals surface area contributed by atoms with E-state index in [0.29, 0.717) is 13.0 Å². The molecule has 0 amide bonds. The van der Waals surface area contributed by atoms with Gasteiger partial charge in [0.1, 0.15) is 5.67 Å². The van der Waals surface area contributed by atoms with Gasteiger partial charge in [-0.3, -0.25) is 0 Å². The van der Waals surface area contributed by atoms with E-state index in [9.17, 15) is 4.39 Å². The number of aliphatic hydroxyl groups is 1. The molecule has 1 rings (SSSR count). The zero-order chi connectivity index (χ0) is 6.91. The lowest BCUT2D eigenvalue weighted by atomic mass is 10.1. The van der Waals surface area contributed by atoms with Crippen LogP contribution in [0.15, 0.2) is 0 Å². The van der Waals surface area contributed by atoms with Gasteiger partial charge in [-0.1, -0.05) is 0 Å². The molecule has 0 bridgehead atoms. The summed E-state index contributed by atoms with van der Waals surface area (Å²) in [7, 11) is 0. The van der Waals surface area contributed by atoms with Gasteiger partial charge in [-0.05, 0) is 13.3 Å². The van der Waals surface area contributed by atoms with Gasteiger partial charge in [0.15, 0.2) is 0 Å². The lowest BCUT2D eigenvalue weighted by molar-refractivity contribution is 0.198. The lowest BCUT2D eigenvalue weighted by Crippen LogP contribution is -2.25. The van der Waals surface area contributed by atoms with Gasteiger partial charge in [0, 0.05) is 12.6 Å². The molecule has 1 aliphatic rings. The summed E-state index contributed by atoms with van der Waals surface area (Å²) in [5, 5.41) is 11.4. The van der Waals surface area contributed by atoms with Crippen LogP contribution < -0.4 is 5.32 Å². The first-order chi connectivity index (χ1) is 4.14. The van der Waals surface area contributed by atoms with Crippen LogP contribution >= 0.6 is 0 Å². The minimum absolute atomic E-state index is 0.0278. The van der Waals surface area contributed by atoms with Crippen LogP contribution in [0.3, 0.4) is 0 Å². The molecule has 0 aromatic rings. The number of hydrogen-bond acceptors (Lipinski definition) is 2. The van der Waals surface area contributed by atoms with Gasteiger partial charge in [-0.25, -0.2) is 4.39 Å². The summed E-state index contributed by atoms with van der Waals surface area (Å²) in [5.41, 5.74) is -1.10. The molecule has 1 heterocycles. The maximum atomic E-state index is 12.9. The van der Waals surface area contributed by atoms with Crippen LogP contribution in [0.2, 0.25) is 0 Å². The van der Waals surface area contributed by atoms with Crippen LogP contribution in [0.4, 0.5) is 4.39 Å². The van der Waals surface area contributed by atoms with Crippen LogP contribution in [-0.2, 0) is 0 Å². The molecule has 2 N–H and O–H groups in total. The van der Waals surface area contributed by atoms with Gasteiger partial charge in [-0.15, -0.1) is 0 Å². The minimum atomic E-state index is -1.10. The molecule has 0 unspecified atom stereocenters. The van der Waals surface area contributed by atoms with E-state index in [2.05, 4.69) is 5.32 Å². The van der Waals surface area contributed by atoms with E-state index in [1.807, 2.05) is 0 Å². The Morgan fingerprint density at radius 1 is 1.89 bits per heavy atom. The smallest absolute Gasteiger partial charge is 0.122 e. The van der Waals surface area contributed by atoms with Crippen LogP contribution in [0, 0.1) is 0 Å². The molecule has 0 aromatic carbocycles. The predicted molar refractivity (Wildman–Crippen MR) is 33.0 cm³/mol. The fraction of sp³-hybridized carbons (Fsp3) is 1.00. The first-order valence-corrected chi connectivity index (χ1v) is 3.17. The minimum Gasteiger partial charge on any atom is -0.395 e. The molecule has 3 heteroatoms. The van der Waals surface area contributed by atoms with Crippen molar-refractivity contribution in [1.82, 2.24) is 5.32 Å². The summed E-state index contributed by atoms with van der Waals surface area (Å²) in [6, 6.07) is -0.0278. The summed E-state index contributed by atoms with van der Waals surface area (Å²) >= 11 is 0. The van der Waals surface area contributed by atoms with Gasteiger partial charge in [0.25, 0.3) is 0 Å². The fourth-order valence-electron chi connectivity index (χ4n) is 1.14. The molecule has 9 heavy (non-hydrogen) atoms. The van der Waals surface area contributed by atoms with Crippen molar-refractivity contribution >= 4 is 0 Å². The Labute approximate surface area is 54.1 Å². The molecule has 0 spiro atoms. The third-order valence-corrected chi connectivity index (χ3v) is 1.65. The van der Waals surface area contributed by atoms with E-state index in [1.165, 1.54) is 0 Å². The van der Waals surface area contributed by atoms with E-state index < -0.39 is 5.67 Å². The average molecular weight is 133 g/mol. The average Bonchev–Trinajstić information content (AvgIpc) is 2.10. The molecule has 1 aliphatic heterocycles. The summed E-state index contributed by atoms with van der Waals surface area (Å²) < 4.78 is 12.9. The van der Waals surface area contributed by atoms with Crippen molar-refractivity contribution in [3.63, 3.8) is 0 Å². The third kappa shape index (κ3) is 1.63. The lowest BCUT2D eigenvalue weighted by Gasteiger charge is -2.09. The molecule has 54 valence electrons. The Bertz CT molecular complexity index is 105. The molecule has 2 atom stereocenters. The van der Waals surface area contributed by atoms with Crippen LogP contribution in [-0.4, -0.2) is 30.0 Å². The SMILES string of the molecule is C[C@@]1(F)CN[C@H](CO)C1. The van der Waals surface area contributed by atoms with Gasteiger partial charge in [0.05, 0.1) is 6.61 Å². The standard InChI is InChI=1S/C6H12FNO/c1-6(7)2-5(3-9)8-4-6/h5,8-9H,2-4H2,1H3/t5-,6-/m0/s1. The molecule has 0 radical (unpaired) electrons. The maximum absolute atomic E-state index is 12.9. The van der Waals surface area contributed by atoms with Gasteiger partial charge < -0.3 is 10.4 Å². The van der Waals surface area contributed by atoms with Crippen LogP contribution in [0.5, 0.6) is 0 Å². The summed E-state index contributed by atoms with van der Waals surface area (Å²) in [4.78, 5) is 0. The van der Waals surface area contributed by atoms with Crippen molar-refractivity contribution in [3.8, 4) is 0 Å². The summed E-state index contributed by atoms with van der Waals surface area (Å²) in [6.45, 7) is 1.97. The normalized spacial score (nSPS) is 43.7. The Morgan fingerprint density at radius 3 is 2.78 bits per heavy atom. The van der Waals surface area contributed by atoms with Crippen molar-refractivity contribution in [2.24, 2.45) is 0 Å². The van der Waals surface area contributed by atoms with Crippen LogP contribution in [0.25, 0.3) is 0 Å². The molecular weight excluding hydrogens is 121 g/mol. The van der Waals surface area contributed by atoms with Gasteiger partial charge in [0.2, 0.25) is 0 Å². The molecule has 2 nitrogen and oxygen atoms in total. The Morgan fingerprint density at radius 2 is 2.56 bits per heavy atom. The molecular formula is C6H12FNO. The zero-order valence-electron chi connectivity index (χ0n) is 5.52. The number of alkyl halides is 1. The van der Waals surface area contributed by atoms with Crippen molar-refractivity contribution in [2.45, 2.75) is 25.1 Å². The second-order valence-electron chi connectivity index (χ2n) is 2.88. The van der Waals surface area contributed by atoms with Gasteiger partial charge >= 0.3 is 0 Å². The fourth-order valence-corrected chi connectivity index (χ4v) is 1.14. The highest BCUT2D eigenvalue weighted by molar-refractivity contribution is 4.90. The quantitative estimate of drug-likeness (QED) is 0.530. The number of halogens is 1. The molecule has 0 aliphatic carbocycles. The second-order valence-corrected chi connectivity index (χ2v) is 2.88. The topological polar surface area (TPSA) is 32.3 Å². The van der Waals surface area contributed by atoms with Crippen molar-refractivity contribution in [3.05, 3.63) is 0 Å². The van der Waals surface area contributed by atoms with E-state index in [1.54, 1.807) is 6.92 Å². The van der Waals surface area contributed by atoms with E-state index >= 15 is 0 Å². The van der Waals surface area contributed by atoms with Crippen LogP contribution in [0.1, 0.15) is 13.3 Å². The van der Waals surface area contributed by atoms with Gasteiger partial charge in [-0.2, -0.15) is 0 Å². The zero-order valence-corrected chi connectivity index (χ0v) is 5.52. The second kappa shape index (κ2) is 2.23. The number of nitrogens with one attached hydrogen (secondary N) is 1.